The molecule has 0 saturated heterocycles. The fourth-order valence-electron chi connectivity index (χ4n) is 2.72. The topological polar surface area (TPSA) is 26.0 Å². The lowest BCUT2D eigenvalue weighted by Crippen LogP contribution is -2.25. The lowest BCUT2D eigenvalue weighted by atomic mass is 9.81. The Kier molecular flexibility index (Phi) is 4.13. The van der Waals surface area contributed by atoms with Crippen molar-refractivity contribution >= 4 is 0 Å². The summed E-state index contributed by atoms with van der Waals surface area (Å²) in [5.74, 6) is -0.571. The third-order valence-corrected chi connectivity index (χ3v) is 3.84. The van der Waals surface area contributed by atoms with E-state index in [1.165, 1.54) is 0 Å². The predicted molar refractivity (Wildman–Crippen MR) is 64.9 cm³/mol. The summed E-state index contributed by atoms with van der Waals surface area (Å²) in [6.45, 7) is 0. The molecule has 1 aliphatic rings. The third kappa shape index (κ3) is 3.26. The van der Waals surface area contributed by atoms with E-state index in [4.69, 9.17) is 5.73 Å². The van der Waals surface area contributed by atoms with Gasteiger partial charge in [0, 0.05) is 11.6 Å². The van der Waals surface area contributed by atoms with E-state index in [1.54, 1.807) is 0 Å². The average molecular weight is 275 g/mol. The molecule has 2 rings (SSSR count). The summed E-state index contributed by atoms with van der Waals surface area (Å²) in [4.78, 5) is 0. The van der Waals surface area contributed by atoms with Gasteiger partial charge in [-0.15, -0.1) is 0 Å². The number of halogens is 4. The second-order valence-corrected chi connectivity index (χ2v) is 5.16. The van der Waals surface area contributed by atoms with E-state index >= 15 is 0 Å². The van der Waals surface area contributed by atoms with Gasteiger partial charge in [-0.2, -0.15) is 13.2 Å². The highest BCUT2D eigenvalue weighted by Crippen LogP contribution is 2.36. The first-order valence-corrected chi connectivity index (χ1v) is 6.52. The Bertz CT molecular complexity index is 436. The van der Waals surface area contributed by atoms with E-state index in [-0.39, 0.29) is 11.5 Å². The molecule has 0 aliphatic heterocycles. The third-order valence-electron chi connectivity index (χ3n) is 3.84. The van der Waals surface area contributed by atoms with Gasteiger partial charge in [0.2, 0.25) is 0 Å². The molecule has 1 atom stereocenters. The van der Waals surface area contributed by atoms with Gasteiger partial charge in [0.25, 0.3) is 0 Å². The fraction of sp³-hybridized carbons (Fsp3) is 0.571. The Morgan fingerprint density at radius 2 is 1.74 bits per heavy atom. The number of hydrogen-bond acceptors (Lipinski definition) is 1. The molecule has 19 heavy (non-hydrogen) atoms. The van der Waals surface area contributed by atoms with Crippen molar-refractivity contribution in [2.45, 2.75) is 44.3 Å². The standard InChI is InChI=1S/C14H17F4N/c15-12-7-6-10(14(16,17)18)8-11(12)13(19)9-4-2-1-3-5-9/h6-9,13H,1-5,19H2. The summed E-state index contributed by atoms with van der Waals surface area (Å²) < 4.78 is 51.6. The van der Waals surface area contributed by atoms with Crippen molar-refractivity contribution in [3.63, 3.8) is 0 Å². The van der Waals surface area contributed by atoms with E-state index in [1.807, 2.05) is 0 Å². The summed E-state index contributed by atoms with van der Waals surface area (Å²) in [5.41, 5.74) is 5.13. The first-order chi connectivity index (χ1) is 8.89. The van der Waals surface area contributed by atoms with Gasteiger partial charge in [0.05, 0.1) is 5.56 Å². The molecule has 1 aromatic rings. The van der Waals surface area contributed by atoms with Crippen LogP contribution in [0.5, 0.6) is 0 Å². The second kappa shape index (κ2) is 5.49. The normalized spacial score (nSPS) is 19.4. The van der Waals surface area contributed by atoms with Crippen molar-refractivity contribution < 1.29 is 17.6 Å². The smallest absolute Gasteiger partial charge is 0.324 e. The molecule has 0 amide bonds. The van der Waals surface area contributed by atoms with Crippen LogP contribution in [0.2, 0.25) is 0 Å². The van der Waals surface area contributed by atoms with Crippen LogP contribution in [0.25, 0.3) is 0 Å². The first-order valence-electron chi connectivity index (χ1n) is 6.52. The Morgan fingerprint density at radius 3 is 2.32 bits per heavy atom. The van der Waals surface area contributed by atoms with E-state index in [0.717, 1.165) is 50.3 Å². The van der Waals surface area contributed by atoms with Crippen molar-refractivity contribution in [2.75, 3.05) is 0 Å². The zero-order valence-electron chi connectivity index (χ0n) is 10.5. The zero-order valence-corrected chi connectivity index (χ0v) is 10.5. The van der Waals surface area contributed by atoms with Crippen molar-refractivity contribution in [3.05, 3.63) is 35.1 Å². The highest BCUT2D eigenvalue weighted by atomic mass is 19.4. The summed E-state index contributed by atoms with van der Waals surface area (Å²) in [5, 5.41) is 0. The number of rotatable bonds is 2. The van der Waals surface area contributed by atoms with Crippen LogP contribution in [0.4, 0.5) is 17.6 Å². The van der Waals surface area contributed by atoms with E-state index in [2.05, 4.69) is 0 Å². The molecule has 106 valence electrons. The summed E-state index contributed by atoms with van der Waals surface area (Å²) in [6.07, 6.45) is 0.397. The molecule has 5 heteroatoms. The molecule has 2 N–H and O–H groups in total. The molecular formula is C14H17F4N. The summed E-state index contributed by atoms with van der Waals surface area (Å²) in [7, 11) is 0. The van der Waals surface area contributed by atoms with E-state index in [9.17, 15) is 17.6 Å². The van der Waals surface area contributed by atoms with Crippen LogP contribution >= 0.6 is 0 Å². The molecule has 0 bridgehead atoms. The Morgan fingerprint density at radius 1 is 1.11 bits per heavy atom. The number of benzene rings is 1. The van der Waals surface area contributed by atoms with Crippen molar-refractivity contribution in [2.24, 2.45) is 11.7 Å². The molecule has 0 radical (unpaired) electrons. The molecule has 1 aliphatic carbocycles. The van der Waals surface area contributed by atoms with E-state index < -0.39 is 23.6 Å². The Labute approximate surface area is 109 Å². The second-order valence-electron chi connectivity index (χ2n) is 5.16. The van der Waals surface area contributed by atoms with Gasteiger partial charge in [-0.1, -0.05) is 19.3 Å². The van der Waals surface area contributed by atoms with E-state index in [0.29, 0.717) is 0 Å². The van der Waals surface area contributed by atoms with Crippen molar-refractivity contribution in [1.29, 1.82) is 0 Å². The van der Waals surface area contributed by atoms with Gasteiger partial charge in [-0.25, -0.2) is 4.39 Å². The van der Waals surface area contributed by atoms with Gasteiger partial charge in [0.1, 0.15) is 5.82 Å². The molecule has 1 unspecified atom stereocenters. The molecule has 1 fully saturated rings. The molecular weight excluding hydrogens is 258 g/mol. The molecule has 0 spiro atoms. The largest absolute Gasteiger partial charge is 0.416 e. The number of nitrogens with two attached hydrogens (primary N) is 1. The maximum absolute atomic E-state index is 13.7. The lowest BCUT2D eigenvalue weighted by Gasteiger charge is -2.28. The maximum atomic E-state index is 13.7. The monoisotopic (exact) mass is 275 g/mol. The van der Waals surface area contributed by atoms with Crippen LogP contribution in [0.1, 0.15) is 49.3 Å². The van der Waals surface area contributed by atoms with Crippen LogP contribution in [0.3, 0.4) is 0 Å². The van der Waals surface area contributed by atoms with Gasteiger partial charge in [0.15, 0.2) is 0 Å². The minimum absolute atomic E-state index is 0.0123. The van der Waals surface area contributed by atoms with Crippen LogP contribution < -0.4 is 5.73 Å². The van der Waals surface area contributed by atoms with Crippen LogP contribution in [0, 0.1) is 11.7 Å². The Hall–Kier alpha value is -1.10. The summed E-state index contributed by atoms with van der Waals surface area (Å²) in [6, 6.07) is 1.82. The quantitative estimate of drug-likeness (QED) is 0.794. The minimum atomic E-state index is -4.46. The minimum Gasteiger partial charge on any atom is -0.324 e. The molecule has 1 aromatic carbocycles. The van der Waals surface area contributed by atoms with Crippen molar-refractivity contribution in [1.82, 2.24) is 0 Å². The SMILES string of the molecule is NC(c1cc(C(F)(F)F)ccc1F)C1CCCCC1. The highest BCUT2D eigenvalue weighted by Gasteiger charge is 2.32. The van der Waals surface area contributed by atoms with Gasteiger partial charge < -0.3 is 5.73 Å². The van der Waals surface area contributed by atoms with Crippen molar-refractivity contribution in [3.8, 4) is 0 Å². The van der Waals surface area contributed by atoms with Crippen LogP contribution in [-0.2, 0) is 6.18 Å². The fourth-order valence-corrected chi connectivity index (χ4v) is 2.72. The number of hydrogen-bond donors (Lipinski definition) is 1. The summed E-state index contributed by atoms with van der Waals surface area (Å²) >= 11 is 0. The average Bonchev–Trinajstić information content (AvgIpc) is 2.38. The van der Waals surface area contributed by atoms with Gasteiger partial charge in [-0.3, -0.25) is 0 Å². The van der Waals surface area contributed by atoms with Crippen LogP contribution in [-0.4, -0.2) is 0 Å². The van der Waals surface area contributed by atoms with Crippen LogP contribution in [0.15, 0.2) is 18.2 Å². The first kappa shape index (κ1) is 14.3. The predicted octanol–water partition coefficient (Wildman–Crippen LogP) is 4.42. The van der Waals surface area contributed by atoms with Gasteiger partial charge in [-0.05, 0) is 37.0 Å². The molecule has 1 saturated carbocycles. The van der Waals surface area contributed by atoms with Gasteiger partial charge >= 0.3 is 6.18 Å². The molecule has 0 heterocycles. The maximum Gasteiger partial charge on any atom is 0.416 e. The highest BCUT2D eigenvalue weighted by molar-refractivity contribution is 5.29. The number of alkyl halides is 3. The molecule has 1 nitrogen and oxygen atoms in total. The Balaban J connectivity index is 2.27. The lowest BCUT2D eigenvalue weighted by molar-refractivity contribution is -0.137. The zero-order chi connectivity index (χ0) is 14.0. The molecule has 0 aromatic heterocycles.